The Morgan fingerprint density at radius 2 is 0.785 bits per heavy atom. The van der Waals surface area contributed by atoms with E-state index in [2.05, 4.69) is 16.0 Å². The lowest BCUT2D eigenvalue weighted by Crippen LogP contribution is -2.73. The van der Waals surface area contributed by atoms with Crippen molar-refractivity contribution < 1.29 is 193 Å². The van der Waals surface area contributed by atoms with E-state index in [0.29, 0.717) is 0 Å². The third-order valence-corrected chi connectivity index (χ3v) is 16.7. The molecule has 0 bridgehead atoms. The zero-order valence-corrected chi connectivity index (χ0v) is 49.6. The van der Waals surface area contributed by atoms with Gasteiger partial charge in [-0.05, 0) is 0 Å². The van der Waals surface area contributed by atoms with Crippen molar-refractivity contribution >= 4 is 23.7 Å². The third kappa shape index (κ3) is 16.6. The maximum Gasteiger partial charge on any atom is 0.364 e. The minimum Gasteiger partial charge on any atom is -0.477 e. The molecule has 93 heavy (non-hydrogen) atoms. The molecular weight excluding hydrogens is 1280 g/mol. The molecule has 0 aromatic heterocycles. The first-order valence-corrected chi connectivity index (χ1v) is 29.3. The Hall–Kier alpha value is -3.48. The Balaban J connectivity index is 1.28. The number of aliphatic hydroxyl groups is 21. The molecule has 42 nitrogen and oxygen atoms in total. The first kappa shape index (κ1) is 76.9. The highest BCUT2D eigenvalue weighted by atomic mass is 16.8. The molecule has 0 aromatic rings. The van der Waals surface area contributed by atoms with Crippen molar-refractivity contribution in [2.75, 3.05) is 46.2 Å². The first-order valence-electron chi connectivity index (χ1n) is 29.3. The molecule has 7 aliphatic rings. The zero-order chi connectivity index (χ0) is 69.0. The number of hydrogen-bond acceptors (Lipinski definition) is 38. The number of carboxylic acid groups (broad SMARTS) is 1. The van der Waals surface area contributed by atoms with Crippen molar-refractivity contribution in [3.05, 3.63) is 0 Å². The second kappa shape index (κ2) is 32.9. The number of carboxylic acids is 1. The van der Waals surface area contributed by atoms with Crippen LogP contribution < -0.4 is 16.0 Å². The molecule has 7 aliphatic heterocycles. The lowest BCUT2D eigenvalue weighted by atomic mass is 9.88. The van der Waals surface area contributed by atoms with Gasteiger partial charge in [0, 0.05) is 27.2 Å². The summed E-state index contributed by atoms with van der Waals surface area (Å²) in [5, 5.41) is 246. The van der Waals surface area contributed by atoms with E-state index in [-0.39, 0.29) is 0 Å². The van der Waals surface area contributed by atoms with Crippen molar-refractivity contribution in [2.24, 2.45) is 0 Å². The van der Waals surface area contributed by atoms with Crippen molar-refractivity contribution in [3.63, 3.8) is 0 Å². The molecule has 0 saturated carbocycles. The maximum absolute atomic E-state index is 13.8. The third-order valence-electron chi connectivity index (χ3n) is 16.7. The number of amides is 3. The molecule has 7 fully saturated rings. The minimum atomic E-state index is -3.49. The smallest absolute Gasteiger partial charge is 0.364 e. The number of rotatable bonds is 25. The number of ether oxygens (including phenoxy) is 13. The largest absolute Gasteiger partial charge is 0.477 e. The van der Waals surface area contributed by atoms with Gasteiger partial charge in [0.05, 0.1) is 58.4 Å². The van der Waals surface area contributed by atoms with Gasteiger partial charge in [-0.15, -0.1) is 0 Å². The number of aliphatic carboxylic acids is 1. The van der Waals surface area contributed by atoms with Crippen LogP contribution in [-0.2, 0) is 80.8 Å². The van der Waals surface area contributed by atoms with Gasteiger partial charge in [0.25, 0.3) is 5.79 Å². The summed E-state index contributed by atoms with van der Waals surface area (Å²) in [7, 11) is 0. The van der Waals surface area contributed by atoms with Crippen molar-refractivity contribution in [3.8, 4) is 0 Å². The molecule has 42 heteroatoms. The number of aliphatic hydroxyl groups excluding tert-OH is 21. The molecule has 0 unspecified atom stereocenters. The SMILES string of the molecule is CC(=O)N[C@H]1[C@H](O[C@@H]2[C@H](O[C@]3(C(=O)O)C[C@H](O)[C@@H](NC(C)=O)[C@H]([C@H](O)[C@H](O)CO)O3)[C@@H](O)[C@H](O[C@H]3[C@@H](O)[C@@H](CO)O[C@@H](O[C@@H]4[C@H](O)[C@@H](O)[C@H](O[C@H]5[C@H](O)[C@@H](O)[C@@H](O)O[C@@H]5CO)O[C@@H]4CO)[C@@H]3NC(C)=O)O[C@@H]2CO)O[C@H](CO)[C@H](O)[C@@H]1O[C@@H]1O[C@H](CO)[C@H](O)[C@H](O)[C@H]1O. The summed E-state index contributed by atoms with van der Waals surface area (Å²) >= 11 is 0. The zero-order valence-electron chi connectivity index (χ0n) is 49.6. The van der Waals surface area contributed by atoms with Crippen LogP contribution in [0.25, 0.3) is 0 Å². The summed E-state index contributed by atoms with van der Waals surface area (Å²) in [5.41, 5.74) is 0. The van der Waals surface area contributed by atoms with E-state index in [9.17, 15) is 132 Å². The molecule has 7 rings (SSSR count). The molecule has 3 amide bonds. The average molecular weight is 1360 g/mol. The molecule has 25 N–H and O–H groups in total. The van der Waals surface area contributed by atoms with E-state index in [4.69, 9.17) is 61.6 Å². The first-order chi connectivity index (χ1) is 43.8. The van der Waals surface area contributed by atoms with Gasteiger partial charge in [0.1, 0.15) is 165 Å². The van der Waals surface area contributed by atoms with Gasteiger partial charge < -0.3 is 190 Å². The van der Waals surface area contributed by atoms with Crippen molar-refractivity contribution in [1.82, 2.24) is 16.0 Å². The monoisotopic (exact) mass is 1360 g/mol. The summed E-state index contributed by atoms with van der Waals surface area (Å²) in [6, 6.07) is -5.83. The van der Waals surface area contributed by atoms with Gasteiger partial charge in [-0.2, -0.15) is 0 Å². The fourth-order valence-corrected chi connectivity index (χ4v) is 11.9. The lowest BCUT2D eigenvalue weighted by molar-refractivity contribution is -0.402. The molecule has 538 valence electrons. The highest BCUT2D eigenvalue weighted by molar-refractivity contribution is 5.77. The van der Waals surface area contributed by atoms with Crippen LogP contribution in [0.1, 0.15) is 27.2 Å². The van der Waals surface area contributed by atoms with E-state index in [1.54, 1.807) is 0 Å². The summed E-state index contributed by atoms with van der Waals surface area (Å²) in [6.45, 7) is -5.26. The van der Waals surface area contributed by atoms with E-state index >= 15 is 0 Å². The summed E-state index contributed by atoms with van der Waals surface area (Å²) in [5.74, 6) is -8.64. The number of nitrogens with one attached hydrogen (secondary N) is 3. The van der Waals surface area contributed by atoms with Crippen LogP contribution in [0.2, 0.25) is 0 Å². The highest BCUT2D eigenvalue weighted by Gasteiger charge is 2.63. The van der Waals surface area contributed by atoms with Gasteiger partial charge in [-0.3, -0.25) is 14.4 Å². The second-order valence-corrected chi connectivity index (χ2v) is 23.2. The summed E-state index contributed by atoms with van der Waals surface area (Å²) in [4.78, 5) is 52.4. The van der Waals surface area contributed by atoms with Crippen LogP contribution in [0, 0.1) is 0 Å². The Labute approximate surface area is 525 Å². The molecule has 7 saturated heterocycles. The van der Waals surface area contributed by atoms with Crippen molar-refractivity contribution in [2.45, 2.75) is 248 Å². The van der Waals surface area contributed by atoms with Crippen LogP contribution in [0.5, 0.6) is 0 Å². The summed E-state index contributed by atoms with van der Waals surface area (Å²) in [6.07, 6.45) is -69.4. The standard InChI is InChI=1S/C51H85N3O39/c1-12(62)52-23-15(65)4-51(50(79)80,92-42(23)26(67)16(66)5-55)93-43-36(77)49(86-22(11-61)39(43)89-46-25(54-14(3)64)40(28(69)19(8-58)83-46)90-47-34(75)30(71)27(68)17(6-56)84-47)91-41-24(53-13(2)63)45(82-18(7-57)29(41)70)87-38-21(10-60)85-48(35(76)32(38)73)88-37-20(9-59)81-44(78)33(74)31(37)72/h15-49,55-61,65-78H,4-11H2,1-3H3,(H,52,62)(H,53,63)(H,54,64)(H,79,80)/t15-,16+,17+,18+,19+,20+,21+,22+,23+,24+,25+,26+,27-,28-,29-,30-,31+,32+,33+,34+,35+,36+,37+,38-,39-,40+,41+,42+,43+,44-,45-,46-,47-,48-,49-,51-/m0/s1. The minimum absolute atomic E-state index is 0.906. The lowest BCUT2D eigenvalue weighted by Gasteiger charge is -2.53. The number of carbonyl (C=O) groups excluding carboxylic acids is 3. The average Bonchev–Trinajstić information content (AvgIpc) is 0.759. The Morgan fingerprint density at radius 3 is 1.24 bits per heavy atom. The molecule has 0 radical (unpaired) electrons. The molecule has 0 aliphatic carbocycles. The molecule has 0 aromatic carbocycles. The molecule has 7 heterocycles. The number of carbonyl (C=O) groups is 4. The van der Waals surface area contributed by atoms with Crippen molar-refractivity contribution in [1.29, 1.82) is 0 Å². The predicted molar refractivity (Wildman–Crippen MR) is 284 cm³/mol. The van der Waals surface area contributed by atoms with Crippen LogP contribution in [0.15, 0.2) is 0 Å². The number of hydrogen-bond donors (Lipinski definition) is 25. The topological polar surface area (TPSA) is 669 Å². The van der Waals surface area contributed by atoms with E-state index in [0.717, 1.165) is 20.8 Å². The Morgan fingerprint density at radius 1 is 0.419 bits per heavy atom. The molecule has 0 spiro atoms. The van der Waals surface area contributed by atoms with Crippen LogP contribution in [0.4, 0.5) is 0 Å². The maximum atomic E-state index is 13.8. The highest BCUT2D eigenvalue weighted by Crippen LogP contribution is 2.42. The van der Waals surface area contributed by atoms with Gasteiger partial charge >= 0.3 is 5.97 Å². The van der Waals surface area contributed by atoms with E-state index in [1.165, 1.54) is 0 Å². The quantitative estimate of drug-likeness (QED) is 0.0404. The second-order valence-electron chi connectivity index (χ2n) is 23.2. The summed E-state index contributed by atoms with van der Waals surface area (Å²) < 4.78 is 76.0. The normalized spacial score (nSPS) is 47.2. The van der Waals surface area contributed by atoms with Gasteiger partial charge in [0.2, 0.25) is 17.7 Å². The fourth-order valence-electron chi connectivity index (χ4n) is 11.9. The molecule has 36 atom stereocenters. The van der Waals surface area contributed by atoms with Gasteiger partial charge in [0.15, 0.2) is 37.7 Å². The fraction of sp³-hybridized carbons (Fsp3) is 0.922. The predicted octanol–water partition coefficient (Wildman–Crippen LogP) is -16.6. The van der Waals surface area contributed by atoms with E-state index < -0.39 is 297 Å². The van der Waals surface area contributed by atoms with Crippen LogP contribution in [-0.4, -0.2) is 403 Å². The van der Waals surface area contributed by atoms with Gasteiger partial charge in [-0.25, -0.2) is 4.79 Å². The Kier molecular flexibility index (Phi) is 27.2. The van der Waals surface area contributed by atoms with E-state index in [1.807, 2.05) is 0 Å². The van der Waals surface area contributed by atoms with Crippen LogP contribution in [0.3, 0.4) is 0 Å². The van der Waals surface area contributed by atoms with Gasteiger partial charge in [-0.1, -0.05) is 0 Å². The Bertz CT molecular complexity index is 2410. The molecular formula is C51H85N3O39. The van der Waals surface area contributed by atoms with Crippen LogP contribution >= 0.6 is 0 Å².